The fourth-order valence-electron chi connectivity index (χ4n) is 4.72. The van der Waals surface area contributed by atoms with E-state index in [4.69, 9.17) is 9.47 Å². The lowest BCUT2D eigenvalue weighted by molar-refractivity contribution is -0.154. The van der Waals surface area contributed by atoms with E-state index in [9.17, 15) is 9.90 Å². The third-order valence-electron chi connectivity index (χ3n) is 7.68. The topological polar surface area (TPSA) is 55.8 Å². The molecule has 0 rings (SSSR count). The second-order valence-electron chi connectivity index (χ2n) is 12.6. The summed E-state index contributed by atoms with van der Waals surface area (Å²) in [5, 5.41) is 9.57. The summed E-state index contributed by atoms with van der Waals surface area (Å²) in [6.45, 7) is 4.83. The smallest absolute Gasteiger partial charge is 0.306 e. The van der Waals surface area contributed by atoms with Crippen LogP contribution >= 0.6 is 0 Å². The maximum atomic E-state index is 12.2. The Hall–Kier alpha value is -3.73. The first-order valence-electron chi connectivity index (χ1n) is 20.4. The van der Waals surface area contributed by atoms with Gasteiger partial charge in [-0.25, -0.2) is 0 Å². The van der Waals surface area contributed by atoms with Crippen molar-refractivity contribution in [2.24, 2.45) is 0 Å². The summed E-state index contributed by atoms with van der Waals surface area (Å²) in [4.78, 5) is 12.2. The Kier molecular flexibility index (Phi) is 41.3. The van der Waals surface area contributed by atoms with Gasteiger partial charge in [0.15, 0.2) is 0 Å². The van der Waals surface area contributed by atoms with Gasteiger partial charge in [0.05, 0.1) is 19.8 Å². The molecule has 0 spiro atoms. The summed E-state index contributed by atoms with van der Waals surface area (Å²) in [7, 11) is 0. The van der Waals surface area contributed by atoms with E-state index in [2.05, 4.69) is 160 Å². The number of unbranched alkanes of at least 4 members (excludes halogenated alkanes) is 3. The van der Waals surface area contributed by atoms with E-state index in [1.54, 1.807) is 0 Å². The molecular weight excluding hydrogens is 653 g/mol. The van der Waals surface area contributed by atoms with Gasteiger partial charge in [-0.2, -0.15) is 0 Å². The van der Waals surface area contributed by atoms with Crippen LogP contribution in [0.5, 0.6) is 0 Å². The zero-order valence-corrected chi connectivity index (χ0v) is 33.5. The molecule has 1 N–H and O–H groups in total. The Labute approximate surface area is 325 Å². The molecule has 0 saturated carbocycles. The minimum atomic E-state index is -0.604. The second kappa shape index (κ2) is 44.4. The summed E-state index contributed by atoms with van der Waals surface area (Å²) < 4.78 is 11.0. The van der Waals surface area contributed by atoms with Crippen molar-refractivity contribution < 1.29 is 19.4 Å². The quantitative estimate of drug-likeness (QED) is 0.0401. The Morgan fingerprint density at radius 2 is 0.792 bits per heavy atom. The maximum absolute atomic E-state index is 12.2. The molecule has 0 bridgehead atoms. The molecular formula is C49H74O4. The number of rotatable bonds is 35. The third-order valence-corrected chi connectivity index (χ3v) is 7.68. The van der Waals surface area contributed by atoms with Crippen LogP contribution in [0.1, 0.15) is 129 Å². The Morgan fingerprint density at radius 3 is 1.15 bits per heavy atom. The molecule has 0 aliphatic heterocycles. The highest BCUT2D eigenvalue weighted by molar-refractivity contribution is 5.69. The van der Waals surface area contributed by atoms with Crippen LogP contribution in [0.25, 0.3) is 0 Å². The Bertz CT molecular complexity index is 1170. The van der Waals surface area contributed by atoms with E-state index in [-0.39, 0.29) is 19.2 Å². The van der Waals surface area contributed by atoms with Crippen LogP contribution in [0.15, 0.2) is 146 Å². The van der Waals surface area contributed by atoms with Crippen LogP contribution in [0.4, 0.5) is 0 Å². The predicted molar refractivity (Wildman–Crippen MR) is 232 cm³/mol. The summed E-state index contributed by atoms with van der Waals surface area (Å²) in [5.74, 6) is -0.265. The van der Waals surface area contributed by atoms with Gasteiger partial charge in [0.25, 0.3) is 0 Å². The number of aliphatic hydroxyl groups excluding tert-OH is 1. The molecule has 0 aromatic heterocycles. The van der Waals surface area contributed by atoms with Gasteiger partial charge in [-0.15, -0.1) is 0 Å². The Balaban J connectivity index is 3.71. The van der Waals surface area contributed by atoms with Gasteiger partial charge >= 0.3 is 5.97 Å². The SMILES string of the molecule is CC/C=C\C/C=C\C/C=C\C/C=C\C/C=C\C/C=C\C/C=C\CCCCCC(=O)OC(CO)COCC/C=C\C/C=C\C/C=C\C/C=C\C/C=C\CC. The van der Waals surface area contributed by atoms with Gasteiger partial charge in [0.1, 0.15) is 6.10 Å². The number of hydrogen-bond donors (Lipinski definition) is 1. The van der Waals surface area contributed by atoms with E-state index in [0.717, 1.165) is 109 Å². The fourth-order valence-corrected chi connectivity index (χ4v) is 4.72. The number of carbonyl (C=O) groups is 1. The van der Waals surface area contributed by atoms with Crippen molar-refractivity contribution in [3.8, 4) is 0 Å². The Morgan fingerprint density at radius 1 is 0.453 bits per heavy atom. The van der Waals surface area contributed by atoms with E-state index >= 15 is 0 Å². The van der Waals surface area contributed by atoms with E-state index < -0.39 is 6.10 Å². The summed E-state index contributed by atoms with van der Waals surface area (Å²) in [6, 6.07) is 0. The first-order valence-corrected chi connectivity index (χ1v) is 20.4. The molecule has 0 saturated heterocycles. The van der Waals surface area contributed by atoms with Crippen LogP contribution in [0, 0.1) is 0 Å². The normalized spacial score (nSPS) is 13.9. The molecule has 0 fully saturated rings. The molecule has 0 radical (unpaired) electrons. The van der Waals surface area contributed by atoms with Crippen LogP contribution < -0.4 is 0 Å². The summed E-state index contributed by atoms with van der Waals surface area (Å²) >= 11 is 0. The van der Waals surface area contributed by atoms with Crippen molar-refractivity contribution in [1.29, 1.82) is 0 Å². The van der Waals surface area contributed by atoms with Gasteiger partial charge in [-0.1, -0.05) is 166 Å². The molecule has 0 aromatic carbocycles. The average Bonchev–Trinajstić information content (AvgIpc) is 3.16. The molecule has 0 amide bonds. The standard InChI is InChI=1S/C49H74O4/c1-3-5-7-9-11-13-15-17-19-21-22-23-24-25-26-27-28-29-30-32-34-36-38-40-42-44-49(51)53-48(46-50)47-52-45-43-41-39-37-35-33-31-20-18-16-14-12-10-8-6-4-2/h5-8,11-14,17-20,22-23,25-26,28-29,32-35,39,41,48,50H,3-4,9-10,15-16,21,24,27,30-31,36-38,40,42-47H2,1-2H3/b7-5-,8-6-,13-11-,14-12-,19-17-,20-18-,23-22-,26-25-,29-28-,34-32-,35-33-,41-39-. The first-order chi connectivity index (χ1) is 26.2. The number of carbonyl (C=O) groups excluding carboxylic acids is 1. The molecule has 1 unspecified atom stereocenters. The number of hydrogen-bond acceptors (Lipinski definition) is 4. The number of allylic oxidation sites excluding steroid dienone is 23. The molecule has 53 heavy (non-hydrogen) atoms. The van der Waals surface area contributed by atoms with Crippen LogP contribution in [-0.2, 0) is 14.3 Å². The predicted octanol–water partition coefficient (Wildman–Crippen LogP) is 13.6. The molecule has 0 aliphatic rings. The molecule has 0 aliphatic carbocycles. The van der Waals surface area contributed by atoms with Gasteiger partial charge in [0.2, 0.25) is 0 Å². The minimum Gasteiger partial charge on any atom is -0.457 e. The number of ether oxygens (including phenoxy) is 2. The van der Waals surface area contributed by atoms with E-state index in [0.29, 0.717) is 13.0 Å². The van der Waals surface area contributed by atoms with Crippen molar-refractivity contribution in [3.05, 3.63) is 146 Å². The highest BCUT2D eigenvalue weighted by Crippen LogP contribution is 2.07. The highest BCUT2D eigenvalue weighted by Gasteiger charge is 2.13. The summed E-state index contributed by atoms with van der Waals surface area (Å²) in [6.07, 6.45) is 69.2. The van der Waals surface area contributed by atoms with Crippen molar-refractivity contribution in [3.63, 3.8) is 0 Å². The summed E-state index contributed by atoms with van der Waals surface area (Å²) in [5.41, 5.74) is 0. The third kappa shape index (κ3) is 42.6. The largest absolute Gasteiger partial charge is 0.457 e. The van der Waals surface area contributed by atoms with Crippen molar-refractivity contribution in [2.75, 3.05) is 19.8 Å². The van der Waals surface area contributed by atoms with Crippen LogP contribution in [0.3, 0.4) is 0 Å². The van der Waals surface area contributed by atoms with Crippen molar-refractivity contribution in [1.82, 2.24) is 0 Å². The molecule has 1 atom stereocenters. The van der Waals surface area contributed by atoms with Crippen molar-refractivity contribution >= 4 is 5.97 Å². The van der Waals surface area contributed by atoms with Gasteiger partial charge in [0, 0.05) is 6.42 Å². The van der Waals surface area contributed by atoms with Crippen LogP contribution in [0.2, 0.25) is 0 Å². The molecule has 4 heteroatoms. The zero-order valence-electron chi connectivity index (χ0n) is 33.5. The van der Waals surface area contributed by atoms with Gasteiger partial charge in [-0.3, -0.25) is 4.79 Å². The number of aliphatic hydroxyl groups is 1. The monoisotopic (exact) mass is 727 g/mol. The lowest BCUT2D eigenvalue weighted by atomic mass is 10.1. The average molecular weight is 727 g/mol. The number of esters is 1. The lowest BCUT2D eigenvalue weighted by Crippen LogP contribution is -2.27. The first kappa shape index (κ1) is 49.3. The van der Waals surface area contributed by atoms with Gasteiger partial charge in [-0.05, 0) is 103 Å². The zero-order chi connectivity index (χ0) is 38.4. The van der Waals surface area contributed by atoms with E-state index in [1.165, 1.54) is 0 Å². The molecule has 0 heterocycles. The second-order valence-corrected chi connectivity index (χ2v) is 12.6. The van der Waals surface area contributed by atoms with E-state index in [1.807, 2.05) is 0 Å². The maximum Gasteiger partial charge on any atom is 0.306 e. The van der Waals surface area contributed by atoms with Crippen molar-refractivity contribution in [2.45, 2.75) is 136 Å². The molecule has 294 valence electrons. The highest BCUT2D eigenvalue weighted by atomic mass is 16.6. The minimum absolute atomic E-state index is 0.217. The van der Waals surface area contributed by atoms with Crippen LogP contribution in [-0.4, -0.2) is 37.0 Å². The fraction of sp³-hybridized carbons (Fsp3) is 0.490. The molecule has 4 nitrogen and oxygen atoms in total. The lowest BCUT2D eigenvalue weighted by Gasteiger charge is -2.15. The molecule has 0 aromatic rings. The van der Waals surface area contributed by atoms with Gasteiger partial charge < -0.3 is 14.6 Å².